The minimum atomic E-state index is -0.523. The Morgan fingerprint density at radius 3 is 2.24 bits per heavy atom. The van der Waals surface area contributed by atoms with Crippen molar-refractivity contribution in [2.75, 3.05) is 6.61 Å². The van der Waals surface area contributed by atoms with Crippen LogP contribution in [0.25, 0.3) is 6.08 Å². The number of nitrogens with one attached hydrogen (secondary N) is 1. The van der Waals surface area contributed by atoms with Gasteiger partial charge in [0, 0.05) is 18.2 Å². The summed E-state index contributed by atoms with van der Waals surface area (Å²) < 4.78 is 10.5. The fourth-order valence-corrected chi connectivity index (χ4v) is 2.52. The van der Waals surface area contributed by atoms with Gasteiger partial charge in [0.2, 0.25) is 0 Å². The Bertz CT molecular complexity index is 1160. The minimum absolute atomic E-state index is 0.0687. The molecule has 0 aromatic heterocycles. The van der Waals surface area contributed by atoms with Gasteiger partial charge in [-0.05, 0) is 53.6 Å². The second kappa shape index (κ2) is 11.6. The molecule has 1 N–H and O–H groups in total. The van der Waals surface area contributed by atoms with E-state index in [2.05, 4.69) is 10.5 Å². The van der Waals surface area contributed by atoms with Crippen LogP contribution in [0.3, 0.4) is 0 Å². The van der Waals surface area contributed by atoms with E-state index in [4.69, 9.17) is 9.47 Å². The second-order valence-corrected chi connectivity index (χ2v) is 6.57. The Morgan fingerprint density at radius 1 is 0.909 bits per heavy atom. The first kappa shape index (κ1) is 22.9. The third-order valence-corrected chi connectivity index (χ3v) is 4.13. The second-order valence-electron chi connectivity index (χ2n) is 6.57. The number of non-ortho nitro benzene ring substituents is 1. The van der Waals surface area contributed by atoms with Crippen molar-refractivity contribution in [1.82, 2.24) is 5.43 Å². The molecule has 0 saturated heterocycles. The average molecular weight is 445 g/mol. The average Bonchev–Trinajstić information content (AvgIpc) is 2.83. The van der Waals surface area contributed by atoms with Crippen LogP contribution in [0.15, 0.2) is 90.0 Å². The van der Waals surface area contributed by atoms with E-state index in [1.54, 1.807) is 30.3 Å². The predicted molar refractivity (Wildman–Crippen MR) is 122 cm³/mol. The molecule has 1 amide bonds. The third-order valence-electron chi connectivity index (χ3n) is 4.13. The molecule has 33 heavy (non-hydrogen) atoms. The van der Waals surface area contributed by atoms with Gasteiger partial charge in [-0.3, -0.25) is 14.9 Å². The Morgan fingerprint density at radius 2 is 1.58 bits per heavy atom. The molecule has 3 rings (SSSR count). The van der Waals surface area contributed by atoms with Gasteiger partial charge < -0.3 is 9.47 Å². The highest BCUT2D eigenvalue weighted by Gasteiger charge is 2.06. The first-order chi connectivity index (χ1) is 16.0. The summed E-state index contributed by atoms with van der Waals surface area (Å²) in [6, 6.07) is 21.3. The molecule has 0 heterocycles. The highest BCUT2D eigenvalue weighted by atomic mass is 16.6. The van der Waals surface area contributed by atoms with E-state index in [-0.39, 0.29) is 12.3 Å². The van der Waals surface area contributed by atoms with Crippen molar-refractivity contribution in [2.45, 2.75) is 0 Å². The lowest BCUT2D eigenvalue weighted by Crippen LogP contribution is -2.24. The molecule has 0 atom stereocenters. The number of nitrogens with zero attached hydrogens (tertiary/aromatic N) is 2. The van der Waals surface area contributed by atoms with Crippen molar-refractivity contribution in [1.29, 1.82) is 0 Å². The Labute approximate surface area is 189 Å². The molecule has 0 aliphatic heterocycles. The number of hydrogen-bond acceptors (Lipinski definition) is 7. The number of benzene rings is 3. The largest absolute Gasteiger partial charge is 0.484 e. The highest BCUT2D eigenvalue weighted by molar-refractivity contribution is 5.89. The number of nitro groups is 1. The normalized spacial score (nSPS) is 10.8. The molecule has 0 unspecified atom stereocenters. The van der Waals surface area contributed by atoms with Gasteiger partial charge in [0.05, 0.1) is 11.1 Å². The van der Waals surface area contributed by atoms with E-state index in [0.29, 0.717) is 17.1 Å². The predicted octanol–water partition coefficient (Wildman–Crippen LogP) is 3.74. The smallest absolute Gasteiger partial charge is 0.336 e. The quantitative estimate of drug-likeness (QED) is 0.134. The lowest BCUT2D eigenvalue weighted by Gasteiger charge is -2.04. The topological polar surface area (TPSA) is 120 Å². The molecule has 9 nitrogen and oxygen atoms in total. The number of hydrazone groups is 1. The molecule has 3 aromatic carbocycles. The van der Waals surface area contributed by atoms with Crippen molar-refractivity contribution in [3.63, 3.8) is 0 Å². The molecule has 0 spiro atoms. The molecule has 0 aliphatic carbocycles. The molecular formula is C24H19N3O6. The number of carbonyl (C=O) groups is 2. The maximum Gasteiger partial charge on any atom is 0.336 e. The van der Waals surface area contributed by atoms with Gasteiger partial charge in [-0.25, -0.2) is 10.2 Å². The lowest BCUT2D eigenvalue weighted by molar-refractivity contribution is -0.384. The Balaban J connectivity index is 1.42. The summed E-state index contributed by atoms with van der Waals surface area (Å²) in [7, 11) is 0. The van der Waals surface area contributed by atoms with Crippen LogP contribution < -0.4 is 14.9 Å². The van der Waals surface area contributed by atoms with Crippen molar-refractivity contribution in [3.8, 4) is 11.5 Å². The lowest BCUT2D eigenvalue weighted by atomic mass is 10.2. The van der Waals surface area contributed by atoms with Crippen molar-refractivity contribution in [3.05, 3.63) is 106 Å². The maximum absolute atomic E-state index is 11.9. The highest BCUT2D eigenvalue weighted by Crippen LogP contribution is 2.17. The van der Waals surface area contributed by atoms with E-state index in [1.165, 1.54) is 36.6 Å². The molecule has 0 radical (unpaired) electrons. The summed E-state index contributed by atoms with van der Waals surface area (Å²) in [5.74, 6) is -0.306. The van der Waals surface area contributed by atoms with Gasteiger partial charge in [0.1, 0.15) is 11.5 Å². The Hall–Kier alpha value is -4.79. The van der Waals surface area contributed by atoms with Crippen LogP contribution in [0.4, 0.5) is 5.69 Å². The first-order valence-corrected chi connectivity index (χ1v) is 9.74. The fraction of sp³-hybridized carbons (Fsp3) is 0.0417. The van der Waals surface area contributed by atoms with Crippen molar-refractivity contribution >= 4 is 29.9 Å². The van der Waals surface area contributed by atoms with Crippen LogP contribution in [0.1, 0.15) is 11.1 Å². The number of rotatable bonds is 9. The summed E-state index contributed by atoms with van der Waals surface area (Å²) in [5.41, 5.74) is 3.81. The van der Waals surface area contributed by atoms with Crippen LogP contribution in [0.5, 0.6) is 11.5 Å². The molecule has 0 bridgehead atoms. The number of nitro benzene ring substituents is 1. The zero-order valence-corrected chi connectivity index (χ0v) is 17.3. The molecule has 3 aromatic rings. The standard InChI is InChI=1S/C24H19N3O6/c28-23(17-32-21-13-9-20(10-14-21)27(30)31)26-25-16-19-6-11-22(12-7-19)33-24(29)15-8-18-4-2-1-3-5-18/h1-16H,17H2,(H,26,28). The van der Waals surface area contributed by atoms with E-state index < -0.39 is 16.8 Å². The third kappa shape index (κ3) is 7.76. The van der Waals surface area contributed by atoms with Crippen molar-refractivity contribution < 1.29 is 24.0 Å². The maximum atomic E-state index is 11.9. The van der Waals surface area contributed by atoms with Crippen LogP contribution in [-0.2, 0) is 9.59 Å². The number of ether oxygens (including phenoxy) is 2. The summed E-state index contributed by atoms with van der Waals surface area (Å²) in [5, 5.41) is 14.4. The van der Waals surface area contributed by atoms with E-state index in [0.717, 1.165) is 5.56 Å². The number of carbonyl (C=O) groups excluding carboxylic acids is 2. The van der Waals surface area contributed by atoms with Gasteiger partial charge in [0.15, 0.2) is 6.61 Å². The fourth-order valence-electron chi connectivity index (χ4n) is 2.52. The van der Waals surface area contributed by atoms with Gasteiger partial charge in [-0.15, -0.1) is 0 Å². The molecule has 0 fully saturated rings. The monoisotopic (exact) mass is 445 g/mol. The summed E-state index contributed by atoms with van der Waals surface area (Å²) >= 11 is 0. The van der Waals surface area contributed by atoms with Gasteiger partial charge in [0.25, 0.3) is 11.6 Å². The summed E-state index contributed by atoms with van der Waals surface area (Å²) in [6.45, 7) is -0.305. The Kier molecular flexibility index (Phi) is 8.02. The van der Waals surface area contributed by atoms with Gasteiger partial charge in [-0.2, -0.15) is 5.10 Å². The van der Waals surface area contributed by atoms with Crippen LogP contribution in [-0.4, -0.2) is 29.6 Å². The van der Waals surface area contributed by atoms with Crippen LogP contribution in [0, 0.1) is 10.1 Å². The van der Waals surface area contributed by atoms with Crippen molar-refractivity contribution in [2.24, 2.45) is 5.10 Å². The molecular weight excluding hydrogens is 426 g/mol. The van der Waals surface area contributed by atoms with E-state index in [9.17, 15) is 19.7 Å². The van der Waals surface area contributed by atoms with Gasteiger partial charge in [-0.1, -0.05) is 30.3 Å². The molecule has 9 heteroatoms. The first-order valence-electron chi connectivity index (χ1n) is 9.74. The number of hydrogen-bond donors (Lipinski definition) is 1. The van der Waals surface area contributed by atoms with Crippen LogP contribution >= 0.6 is 0 Å². The zero-order chi connectivity index (χ0) is 23.5. The SMILES string of the molecule is O=C(COc1ccc([N+](=O)[O-])cc1)NN=Cc1ccc(OC(=O)C=Cc2ccccc2)cc1. The zero-order valence-electron chi connectivity index (χ0n) is 17.3. The van der Waals surface area contributed by atoms with E-state index in [1.807, 2.05) is 30.3 Å². The number of esters is 1. The summed E-state index contributed by atoms with van der Waals surface area (Å²) in [4.78, 5) is 33.8. The number of amides is 1. The van der Waals surface area contributed by atoms with E-state index >= 15 is 0 Å². The minimum Gasteiger partial charge on any atom is -0.484 e. The molecule has 0 aliphatic rings. The van der Waals surface area contributed by atoms with Gasteiger partial charge >= 0.3 is 5.97 Å². The molecule has 166 valence electrons. The summed E-state index contributed by atoms with van der Waals surface area (Å²) in [6.07, 6.45) is 4.43. The van der Waals surface area contributed by atoms with Crippen LogP contribution in [0.2, 0.25) is 0 Å². The molecule has 0 saturated carbocycles.